The van der Waals surface area contributed by atoms with Crippen molar-refractivity contribution in [3.05, 3.63) is 53.3 Å². The summed E-state index contributed by atoms with van der Waals surface area (Å²) in [6.07, 6.45) is 4.50. The van der Waals surface area contributed by atoms with Gasteiger partial charge in [0, 0.05) is 32.0 Å². The molecule has 0 aliphatic rings. The third-order valence-electron chi connectivity index (χ3n) is 4.40. The Morgan fingerprint density at radius 1 is 1.25 bits per heavy atom. The predicted molar refractivity (Wildman–Crippen MR) is 112 cm³/mol. The molecule has 0 saturated heterocycles. The first kappa shape index (κ1) is 21.9. The van der Waals surface area contributed by atoms with Crippen LogP contribution in [0.1, 0.15) is 43.9 Å². The molecule has 0 bridgehead atoms. The summed E-state index contributed by atoms with van der Waals surface area (Å²) in [6, 6.07) is 8.19. The minimum absolute atomic E-state index is 0.325. The Balaban J connectivity index is 2.02. The van der Waals surface area contributed by atoms with Crippen molar-refractivity contribution in [2.45, 2.75) is 45.9 Å². The molecule has 28 heavy (non-hydrogen) atoms. The highest BCUT2D eigenvalue weighted by Crippen LogP contribution is 2.18. The Hall–Kier alpha value is -2.38. The summed E-state index contributed by atoms with van der Waals surface area (Å²) < 4.78 is 7.37. The van der Waals surface area contributed by atoms with Gasteiger partial charge in [0.15, 0.2) is 5.96 Å². The summed E-state index contributed by atoms with van der Waals surface area (Å²) in [4.78, 5) is 4.68. The summed E-state index contributed by atoms with van der Waals surface area (Å²) >= 11 is 0. The molecule has 0 aliphatic heterocycles. The lowest BCUT2D eigenvalue weighted by Gasteiger charge is -2.23. The Morgan fingerprint density at radius 3 is 2.64 bits per heavy atom. The number of aliphatic imine (C=N–C) groups is 1. The van der Waals surface area contributed by atoms with Crippen LogP contribution in [0.25, 0.3) is 0 Å². The number of ether oxygens (including phenoxy) is 1. The molecule has 0 saturated carbocycles. The van der Waals surface area contributed by atoms with E-state index >= 15 is 0 Å². The second kappa shape index (κ2) is 10.8. The molecule has 1 aromatic heterocycles. The summed E-state index contributed by atoms with van der Waals surface area (Å²) in [5.74, 6) is 0.663. The molecule has 154 valence electrons. The van der Waals surface area contributed by atoms with Crippen LogP contribution in [0.4, 0.5) is 0 Å². The van der Waals surface area contributed by atoms with E-state index in [1.54, 1.807) is 17.8 Å². The fraction of sp³-hybridized carbons (Fsp3) is 0.524. The zero-order chi connectivity index (χ0) is 20.4. The third kappa shape index (κ3) is 6.65. The van der Waals surface area contributed by atoms with Gasteiger partial charge in [0.2, 0.25) is 0 Å². The molecular weight excluding hydrogens is 354 g/mol. The van der Waals surface area contributed by atoms with Gasteiger partial charge in [-0.3, -0.25) is 4.68 Å². The first-order valence-electron chi connectivity index (χ1n) is 9.84. The first-order chi connectivity index (χ1) is 13.5. The van der Waals surface area contributed by atoms with Crippen LogP contribution in [-0.2, 0) is 30.5 Å². The highest BCUT2D eigenvalue weighted by Gasteiger charge is 2.25. The van der Waals surface area contributed by atoms with E-state index in [2.05, 4.69) is 39.8 Å². The Kier molecular flexibility index (Phi) is 8.47. The summed E-state index contributed by atoms with van der Waals surface area (Å²) in [5, 5.41) is 21.3. The average molecular weight is 388 g/mol. The molecule has 2 rings (SSSR count). The highest BCUT2D eigenvalue weighted by molar-refractivity contribution is 5.79. The molecular formula is C21H33N5O2. The van der Waals surface area contributed by atoms with E-state index in [4.69, 9.17) is 4.74 Å². The van der Waals surface area contributed by atoms with Crippen LogP contribution in [0, 0.1) is 0 Å². The normalized spacial score (nSPS) is 14.0. The molecule has 1 aromatic carbocycles. The van der Waals surface area contributed by atoms with E-state index < -0.39 is 5.60 Å². The van der Waals surface area contributed by atoms with Crippen LogP contribution in [-0.4, -0.2) is 40.5 Å². The van der Waals surface area contributed by atoms with Crippen molar-refractivity contribution >= 4 is 5.96 Å². The maximum absolute atomic E-state index is 10.8. The van der Waals surface area contributed by atoms with Crippen molar-refractivity contribution in [3.63, 3.8) is 0 Å². The summed E-state index contributed by atoms with van der Waals surface area (Å²) in [6.45, 7) is 8.84. The smallest absolute Gasteiger partial charge is 0.191 e. The maximum Gasteiger partial charge on any atom is 0.191 e. The Bertz CT molecular complexity index is 755. The van der Waals surface area contributed by atoms with Crippen molar-refractivity contribution in [2.24, 2.45) is 12.0 Å². The molecule has 0 spiro atoms. The third-order valence-corrected chi connectivity index (χ3v) is 4.40. The number of aromatic nitrogens is 2. The van der Waals surface area contributed by atoms with Crippen molar-refractivity contribution in [1.82, 2.24) is 20.4 Å². The molecule has 1 atom stereocenters. The summed E-state index contributed by atoms with van der Waals surface area (Å²) in [7, 11) is 1.83. The molecule has 7 heteroatoms. The van der Waals surface area contributed by atoms with Crippen LogP contribution in [0.2, 0.25) is 0 Å². The van der Waals surface area contributed by atoms with Crippen molar-refractivity contribution < 1.29 is 9.84 Å². The van der Waals surface area contributed by atoms with Gasteiger partial charge >= 0.3 is 0 Å². The number of hydrogen-bond acceptors (Lipinski definition) is 4. The lowest BCUT2D eigenvalue weighted by molar-refractivity contribution is 0.0616. The number of rotatable bonds is 10. The van der Waals surface area contributed by atoms with Gasteiger partial charge in [0.25, 0.3) is 0 Å². The second-order valence-corrected chi connectivity index (χ2v) is 7.05. The van der Waals surface area contributed by atoms with Crippen molar-refractivity contribution in [2.75, 3.05) is 19.7 Å². The van der Waals surface area contributed by atoms with Crippen LogP contribution < -0.4 is 10.6 Å². The number of guanidine groups is 1. The SMILES string of the molecule is CCCOCc1ccccc1CN=C(NCC)NCC(C)(O)c1cnn(C)c1. The van der Waals surface area contributed by atoms with E-state index in [9.17, 15) is 5.11 Å². The molecule has 2 aromatic rings. The van der Waals surface area contributed by atoms with Gasteiger partial charge in [-0.2, -0.15) is 5.10 Å². The molecule has 0 fully saturated rings. The van der Waals surface area contributed by atoms with E-state index in [0.29, 0.717) is 25.7 Å². The van der Waals surface area contributed by atoms with Crippen LogP contribution in [0.15, 0.2) is 41.7 Å². The van der Waals surface area contributed by atoms with E-state index in [1.807, 2.05) is 32.3 Å². The molecule has 1 heterocycles. The summed E-state index contributed by atoms with van der Waals surface area (Å²) in [5.41, 5.74) is 2.00. The fourth-order valence-electron chi connectivity index (χ4n) is 2.74. The second-order valence-electron chi connectivity index (χ2n) is 7.05. The van der Waals surface area contributed by atoms with Gasteiger partial charge in [-0.15, -0.1) is 0 Å². The van der Waals surface area contributed by atoms with Crippen LogP contribution in [0.3, 0.4) is 0 Å². The first-order valence-corrected chi connectivity index (χ1v) is 9.84. The van der Waals surface area contributed by atoms with Gasteiger partial charge in [-0.25, -0.2) is 4.99 Å². The van der Waals surface area contributed by atoms with E-state index in [-0.39, 0.29) is 0 Å². The standard InChI is InChI=1S/C21H33N5O2/c1-5-11-28-15-18-10-8-7-9-17(18)12-23-20(22-6-2)24-16-21(3,27)19-13-25-26(4)14-19/h7-10,13-14,27H,5-6,11-12,15-16H2,1-4H3,(H2,22,23,24). The lowest BCUT2D eigenvalue weighted by Crippen LogP contribution is -2.44. The molecule has 0 radical (unpaired) electrons. The van der Waals surface area contributed by atoms with Crippen molar-refractivity contribution in [1.29, 1.82) is 0 Å². The van der Waals surface area contributed by atoms with Crippen molar-refractivity contribution in [3.8, 4) is 0 Å². The van der Waals surface area contributed by atoms with Gasteiger partial charge in [0.1, 0.15) is 5.60 Å². The van der Waals surface area contributed by atoms with Gasteiger partial charge < -0.3 is 20.5 Å². The quantitative estimate of drug-likeness (QED) is 0.331. The monoisotopic (exact) mass is 387 g/mol. The van der Waals surface area contributed by atoms with E-state index in [0.717, 1.165) is 36.3 Å². The fourth-order valence-corrected chi connectivity index (χ4v) is 2.74. The zero-order valence-corrected chi connectivity index (χ0v) is 17.4. The molecule has 1 unspecified atom stereocenters. The number of benzene rings is 1. The highest BCUT2D eigenvalue weighted by atomic mass is 16.5. The van der Waals surface area contributed by atoms with Gasteiger partial charge in [-0.1, -0.05) is 31.2 Å². The number of nitrogens with one attached hydrogen (secondary N) is 2. The van der Waals surface area contributed by atoms with Crippen LogP contribution in [0.5, 0.6) is 0 Å². The molecule has 7 nitrogen and oxygen atoms in total. The molecule has 0 amide bonds. The lowest BCUT2D eigenvalue weighted by atomic mass is 10.00. The topological polar surface area (TPSA) is 83.7 Å². The van der Waals surface area contributed by atoms with Gasteiger partial charge in [0.05, 0.1) is 25.9 Å². The Morgan fingerprint density at radius 2 is 2.00 bits per heavy atom. The van der Waals surface area contributed by atoms with Crippen LogP contribution >= 0.6 is 0 Å². The predicted octanol–water partition coefficient (Wildman–Crippen LogP) is 2.31. The minimum Gasteiger partial charge on any atom is -0.383 e. The van der Waals surface area contributed by atoms with Gasteiger partial charge in [-0.05, 0) is 31.4 Å². The number of aliphatic hydroxyl groups is 1. The minimum atomic E-state index is -1.05. The average Bonchev–Trinajstić information content (AvgIpc) is 3.12. The molecule has 3 N–H and O–H groups in total. The number of nitrogens with zero attached hydrogens (tertiary/aromatic N) is 3. The number of hydrogen-bond donors (Lipinski definition) is 3. The van der Waals surface area contributed by atoms with E-state index in [1.165, 1.54) is 0 Å². The largest absolute Gasteiger partial charge is 0.383 e. The maximum atomic E-state index is 10.8. The number of aryl methyl sites for hydroxylation is 1. The molecule has 0 aliphatic carbocycles. The Labute approximate surface area is 167 Å². The zero-order valence-electron chi connectivity index (χ0n) is 17.4.